The zero-order chi connectivity index (χ0) is 10.3. The number of nitrogens with zero attached hydrogens (tertiary/aromatic N) is 2. The quantitative estimate of drug-likeness (QED) is 0.674. The lowest BCUT2D eigenvalue weighted by molar-refractivity contribution is -0.132. The number of nitriles is 1. The Morgan fingerprint density at radius 3 is 2.62 bits per heavy atom. The molecule has 13 heavy (non-hydrogen) atoms. The molecule has 0 heterocycles. The van der Waals surface area contributed by atoms with Crippen LogP contribution in [0, 0.1) is 11.3 Å². The Labute approximate surface area is 79.3 Å². The Hall–Kier alpha value is -1.08. The Kier molecular flexibility index (Phi) is 5.90. The van der Waals surface area contributed by atoms with Gasteiger partial charge in [-0.25, -0.2) is 0 Å². The van der Waals surface area contributed by atoms with Crippen molar-refractivity contribution >= 4 is 5.91 Å². The van der Waals surface area contributed by atoms with E-state index in [1.54, 1.807) is 4.90 Å². The van der Waals surface area contributed by atoms with Crippen LogP contribution >= 0.6 is 0 Å². The van der Waals surface area contributed by atoms with E-state index in [0.717, 1.165) is 0 Å². The molecule has 1 unspecified atom stereocenters. The maximum absolute atomic E-state index is 11.5. The van der Waals surface area contributed by atoms with Gasteiger partial charge in [0.2, 0.25) is 5.91 Å². The number of carbonyl (C=O) groups is 1. The van der Waals surface area contributed by atoms with Gasteiger partial charge in [0.25, 0.3) is 0 Å². The number of likely N-dealkylation sites (N-methyl/N-ethyl adjacent to an activating group) is 1. The first kappa shape index (κ1) is 11.9. The fourth-order valence-corrected chi connectivity index (χ4v) is 1.02. The lowest BCUT2D eigenvalue weighted by atomic mass is 10.2. The highest BCUT2D eigenvalue weighted by molar-refractivity contribution is 5.81. The molecule has 0 aliphatic carbocycles. The van der Waals surface area contributed by atoms with Crippen molar-refractivity contribution in [1.29, 1.82) is 5.26 Å². The lowest BCUT2D eigenvalue weighted by Crippen LogP contribution is -2.43. The highest BCUT2D eigenvalue weighted by Crippen LogP contribution is 1.97. The van der Waals surface area contributed by atoms with Crippen molar-refractivity contribution < 1.29 is 4.79 Å². The summed E-state index contributed by atoms with van der Waals surface area (Å²) in [6.07, 6.45) is 1.01. The second-order valence-electron chi connectivity index (χ2n) is 2.84. The fraction of sp³-hybridized carbons (Fsp3) is 0.778. The Morgan fingerprint density at radius 2 is 2.23 bits per heavy atom. The summed E-state index contributed by atoms with van der Waals surface area (Å²) in [5, 5.41) is 8.37. The molecule has 0 aliphatic rings. The van der Waals surface area contributed by atoms with E-state index in [-0.39, 0.29) is 5.91 Å². The van der Waals surface area contributed by atoms with Crippen LogP contribution < -0.4 is 5.73 Å². The van der Waals surface area contributed by atoms with Gasteiger partial charge >= 0.3 is 0 Å². The molecule has 4 heteroatoms. The van der Waals surface area contributed by atoms with Crippen molar-refractivity contribution in [2.24, 2.45) is 5.73 Å². The highest BCUT2D eigenvalue weighted by Gasteiger charge is 2.17. The average Bonchev–Trinajstić information content (AvgIpc) is 2.17. The minimum atomic E-state index is -0.418. The topological polar surface area (TPSA) is 70.1 Å². The third-order valence-electron chi connectivity index (χ3n) is 1.94. The van der Waals surface area contributed by atoms with E-state index in [2.05, 4.69) is 0 Å². The summed E-state index contributed by atoms with van der Waals surface area (Å²) >= 11 is 0. The minimum absolute atomic E-state index is 0.0553. The molecule has 0 fully saturated rings. The van der Waals surface area contributed by atoms with Crippen molar-refractivity contribution in [2.75, 3.05) is 13.1 Å². The van der Waals surface area contributed by atoms with Crippen molar-refractivity contribution in [2.45, 2.75) is 32.7 Å². The summed E-state index contributed by atoms with van der Waals surface area (Å²) in [6, 6.07) is 1.59. The first-order valence-electron chi connectivity index (χ1n) is 4.58. The first-order chi connectivity index (χ1) is 6.17. The van der Waals surface area contributed by atoms with E-state index in [0.29, 0.717) is 25.9 Å². The van der Waals surface area contributed by atoms with Crippen LogP contribution in [0.2, 0.25) is 0 Å². The monoisotopic (exact) mass is 183 g/mol. The van der Waals surface area contributed by atoms with E-state index >= 15 is 0 Å². The predicted octanol–water partition coefficient (Wildman–Crippen LogP) is 0.486. The van der Waals surface area contributed by atoms with Gasteiger partial charge in [-0.3, -0.25) is 4.79 Å². The third kappa shape index (κ3) is 3.90. The molecule has 4 nitrogen and oxygen atoms in total. The van der Waals surface area contributed by atoms with E-state index in [9.17, 15) is 4.79 Å². The van der Waals surface area contributed by atoms with Crippen LogP contribution in [0.1, 0.15) is 26.7 Å². The van der Waals surface area contributed by atoms with Gasteiger partial charge in [-0.2, -0.15) is 5.26 Å². The van der Waals surface area contributed by atoms with Gasteiger partial charge in [0.1, 0.15) is 0 Å². The van der Waals surface area contributed by atoms with E-state index < -0.39 is 6.04 Å². The molecule has 0 spiro atoms. The number of amides is 1. The molecule has 0 saturated heterocycles. The average molecular weight is 183 g/mol. The van der Waals surface area contributed by atoms with Crippen LogP contribution in [0.25, 0.3) is 0 Å². The van der Waals surface area contributed by atoms with Gasteiger partial charge < -0.3 is 10.6 Å². The van der Waals surface area contributed by atoms with Crippen molar-refractivity contribution in [3.8, 4) is 6.07 Å². The van der Waals surface area contributed by atoms with Gasteiger partial charge in [0.05, 0.1) is 18.5 Å². The van der Waals surface area contributed by atoms with Gasteiger partial charge in [-0.05, 0) is 13.3 Å². The SMILES string of the molecule is CCC(N)C(=O)N(CC)CCC#N. The van der Waals surface area contributed by atoms with E-state index in [1.165, 1.54) is 0 Å². The first-order valence-corrected chi connectivity index (χ1v) is 4.58. The van der Waals surface area contributed by atoms with Gasteiger partial charge in [-0.1, -0.05) is 6.92 Å². The normalized spacial score (nSPS) is 11.8. The molecule has 0 aromatic rings. The van der Waals surface area contributed by atoms with E-state index in [4.69, 9.17) is 11.0 Å². The second kappa shape index (κ2) is 6.44. The van der Waals surface area contributed by atoms with Crippen molar-refractivity contribution in [3.05, 3.63) is 0 Å². The number of rotatable bonds is 5. The summed E-state index contributed by atoms with van der Waals surface area (Å²) in [6.45, 7) is 4.87. The molecule has 1 amide bonds. The summed E-state index contributed by atoms with van der Waals surface area (Å²) in [7, 11) is 0. The summed E-state index contributed by atoms with van der Waals surface area (Å²) < 4.78 is 0. The van der Waals surface area contributed by atoms with Crippen molar-refractivity contribution in [1.82, 2.24) is 4.90 Å². The molecule has 0 aliphatic heterocycles. The zero-order valence-electron chi connectivity index (χ0n) is 8.29. The Balaban J connectivity index is 4.08. The van der Waals surface area contributed by atoms with Crippen LogP contribution in [0.3, 0.4) is 0 Å². The summed E-state index contributed by atoms with van der Waals surface area (Å²) in [4.78, 5) is 13.1. The zero-order valence-corrected chi connectivity index (χ0v) is 8.29. The standard InChI is InChI=1S/C9H17N3O/c1-3-8(11)9(13)12(4-2)7-5-6-10/h8H,3-5,7,11H2,1-2H3. The molecule has 74 valence electrons. The molecule has 0 saturated carbocycles. The lowest BCUT2D eigenvalue weighted by Gasteiger charge is -2.22. The van der Waals surface area contributed by atoms with Gasteiger partial charge in [0.15, 0.2) is 0 Å². The van der Waals surface area contributed by atoms with Crippen LogP contribution in [0.15, 0.2) is 0 Å². The Morgan fingerprint density at radius 1 is 1.62 bits per heavy atom. The Bertz CT molecular complexity index is 198. The number of hydrogen-bond donors (Lipinski definition) is 1. The molecule has 0 aromatic carbocycles. The van der Waals surface area contributed by atoms with Crippen LogP contribution in [0.5, 0.6) is 0 Å². The van der Waals surface area contributed by atoms with Crippen molar-refractivity contribution in [3.63, 3.8) is 0 Å². The molecule has 0 bridgehead atoms. The molecule has 2 N–H and O–H groups in total. The molecular formula is C9H17N3O. The predicted molar refractivity (Wildman–Crippen MR) is 50.8 cm³/mol. The van der Waals surface area contributed by atoms with Crippen LogP contribution in [-0.4, -0.2) is 29.9 Å². The molecule has 0 radical (unpaired) electrons. The third-order valence-corrected chi connectivity index (χ3v) is 1.94. The van der Waals surface area contributed by atoms with Crippen LogP contribution in [-0.2, 0) is 4.79 Å². The summed E-state index contributed by atoms with van der Waals surface area (Å²) in [5.41, 5.74) is 5.59. The van der Waals surface area contributed by atoms with Gasteiger partial charge in [0, 0.05) is 13.1 Å². The molecule has 0 rings (SSSR count). The fourth-order valence-electron chi connectivity index (χ4n) is 1.02. The smallest absolute Gasteiger partial charge is 0.239 e. The number of hydrogen-bond acceptors (Lipinski definition) is 3. The molecule has 1 atom stereocenters. The maximum Gasteiger partial charge on any atom is 0.239 e. The van der Waals surface area contributed by atoms with Gasteiger partial charge in [-0.15, -0.1) is 0 Å². The second-order valence-corrected chi connectivity index (χ2v) is 2.84. The summed E-state index contributed by atoms with van der Waals surface area (Å²) in [5.74, 6) is -0.0553. The maximum atomic E-state index is 11.5. The van der Waals surface area contributed by atoms with E-state index in [1.807, 2.05) is 19.9 Å². The largest absolute Gasteiger partial charge is 0.341 e. The number of nitrogens with two attached hydrogens (primary N) is 1. The van der Waals surface area contributed by atoms with Crippen LogP contribution in [0.4, 0.5) is 0 Å². The number of carbonyl (C=O) groups excluding carboxylic acids is 1. The highest BCUT2D eigenvalue weighted by atomic mass is 16.2. The molecular weight excluding hydrogens is 166 g/mol. The minimum Gasteiger partial charge on any atom is -0.341 e. The molecule has 0 aromatic heterocycles.